The van der Waals surface area contributed by atoms with Crippen LogP contribution in [0.15, 0.2) is 72.0 Å². The molecule has 0 saturated carbocycles. The first kappa shape index (κ1) is 19.6. The predicted molar refractivity (Wildman–Crippen MR) is 120 cm³/mol. The van der Waals surface area contributed by atoms with Gasteiger partial charge in [-0.3, -0.25) is 0 Å². The van der Waals surface area contributed by atoms with E-state index >= 15 is 0 Å². The molecule has 2 aromatic heterocycles. The van der Waals surface area contributed by atoms with Gasteiger partial charge in [0.05, 0.1) is 6.33 Å². The molecule has 0 unspecified atom stereocenters. The van der Waals surface area contributed by atoms with Crippen LogP contribution in [0.1, 0.15) is 24.0 Å². The SMILES string of the molecule is Nc1nc(=NCCCCc2ccccc2)nc(N)c2c1ncn2Cc1ccccc1. The Hall–Kier alpha value is -3.74. The summed E-state index contributed by atoms with van der Waals surface area (Å²) >= 11 is 0. The maximum Gasteiger partial charge on any atom is 0.248 e. The number of hydrogen-bond acceptors (Lipinski definition) is 6. The monoisotopic (exact) mass is 399 g/mol. The van der Waals surface area contributed by atoms with Crippen LogP contribution in [0.4, 0.5) is 11.6 Å². The Balaban J connectivity index is 1.52. The number of rotatable bonds is 7. The van der Waals surface area contributed by atoms with Crippen molar-refractivity contribution in [3.63, 3.8) is 0 Å². The van der Waals surface area contributed by atoms with Crippen molar-refractivity contribution in [3.05, 3.63) is 83.7 Å². The molecule has 0 fully saturated rings. The van der Waals surface area contributed by atoms with Crippen LogP contribution < -0.4 is 17.1 Å². The second kappa shape index (κ2) is 9.17. The number of nitrogens with two attached hydrogens (primary N) is 2. The molecule has 0 atom stereocenters. The summed E-state index contributed by atoms with van der Waals surface area (Å²) in [6.45, 7) is 1.25. The van der Waals surface area contributed by atoms with Gasteiger partial charge in [-0.25, -0.2) is 9.98 Å². The van der Waals surface area contributed by atoms with Gasteiger partial charge in [0, 0.05) is 13.1 Å². The molecule has 30 heavy (non-hydrogen) atoms. The van der Waals surface area contributed by atoms with Crippen molar-refractivity contribution < 1.29 is 0 Å². The highest BCUT2D eigenvalue weighted by Crippen LogP contribution is 2.20. The first-order chi connectivity index (χ1) is 14.7. The highest BCUT2D eigenvalue weighted by Gasteiger charge is 2.11. The molecule has 0 aliphatic heterocycles. The summed E-state index contributed by atoms with van der Waals surface area (Å²) in [6.07, 6.45) is 4.73. The van der Waals surface area contributed by atoms with Crippen molar-refractivity contribution in [3.8, 4) is 0 Å². The fourth-order valence-corrected chi connectivity index (χ4v) is 3.42. The Morgan fingerprint density at radius 3 is 2.20 bits per heavy atom. The minimum atomic E-state index is 0.282. The molecule has 0 saturated heterocycles. The van der Waals surface area contributed by atoms with E-state index in [1.54, 1.807) is 6.33 Å². The second-order valence-electron chi connectivity index (χ2n) is 7.17. The highest BCUT2D eigenvalue weighted by atomic mass is 15.1. The summed E-state index contributed by atoms with van der Waals surface area (Å²) in [5.41, 5.74) is 16.4. The van der Waals surface area contributed by atoms with Gasteiger partial charge < -0.3 is 16.0 Å². The van der Waals surface area contributed by atoms with E-state index in [-0.39, 0.29) is 5.82 Å². The van der Waals surface area contributed by atoms with Crippen LogP contribution in [0.5, 0.6) is 0 Å². The highest BCUT2D eigenvalue weighted by molar-refractivity contribution is 5.90. The van der Waals surface area contributed by atoms with Crippen LogP contribution >= 0.6 is 0 Å². The quantitative estimate of drug-likeness (QED) is 0.465. The zero-order valence-electron chi connectivity index (χ0n) is 16.8. The standard InChI is InChI=1S/C23H25N7/c24-21-19-20(30(16-27-19)15-18-12-5-2-6-13-18)22(25)29-23(28-21)26-14-8-7-11-17-9-3-1-4-10-17/h1-6,9-10,12-13,16H,7-8,11,14-15H2,(H4,24,25,26,28,29). The summed E-state index contributed by atoms with van der Waals surface area (Å²) < 4.78 is 1.94. The summed E-state index contributed by atoms with van der Waals surface area (Å²) in [5, 5.41) is 0. The topological polar surface area (TPSA) is 108 Å². The third-order valence-corrected chi connectivity index (χ3v) is 4.93. The van der Waals surface area contributed by atoms with Gasteiger partial charge in [-0.2, -0.15) is 9.97 Å². The number of imidazole rings is 1. The molecule has 0 radical (unpaired) electrons. The molecule has 4 aromatic rings. The largest absolute Gasteiger partial charge is 0.382 e. The number of hydrogen-bond donors (Lipinski definition) is 2. The third-order valence-electron chi connectivity index (χ3n) is 4.93. The van der Waals surface area contributed by atoms with Crippen LogP contribution in [0.2, 0.25) is 0 Å². The van der Waals surface area contributed by atoms with E-state index in [1.807, 2.05) is 28.8 Å². The van der Waals surface area contributed by atoms with E-state index in [9.17, 15) is 0 Å². The van der Waals surface area contributed by atoms with Crippen LogP contribution in [0, 0.1) is 0 Å². The molecule has 0 aliphatic rings. The van der Waals surface area contributed by atoms with Gasteiger partial charge >= 0.3 is 0 Å². The average molecular weight is 400 g/mol. The molecule has 0 amide bonds. The minimum absolute atomic E-state index is 0.282. The van der Waals surface area contributed by atoms with Crippen LogP contribution in [0.3, 0.4) is 0 Å². The van der Waals surface area contributed by atoms with Crippen molar-refractivity contribution >= 4 is 22.7 Å². The first-order valence-corrected chi connectivity index (χ1v) is 10.1. The predicted octanol–water partition coefficient (Wildman–Crippen LogP) is 2.96. The number of fused-ring (bicyclic) bond motifs is 1. The molecule has 2 aromatic carbocycles. The lowest BCUT2D eigenvalue weighted by molar-refractivity contribution is 0.728. The molecule has 4 rings (SSSR count). The average Bonchev–Trinajstić information content (AvgIpc) is 3.13. The molecule has 0 aliphatic carbocycles. The van der Waals surface area contributed by atoms with Gasteiger partial charge in [0.15, 0.2) is 11.6 Å². The Labute approximate surface area is 175 Å². The first-order valence-electron chi connectivity index (χ1n) is 10.1. The van der Waals surface area contributed by atoms with E-state index < -0.39 is 0 Å². The maximum atomic E-state index is 6.28. The van der Waals surface area contributed by atoms with E-state index in [0.717, 1.165) is 24.8 Å². The molecule has 152 valence electrons. The van der Waals surface area contributed by atoms with Crippen LogP contribution in [0.25, 0.3) is 11.0 Å². The zero-order chi connectivity index (χ0) is 20.8. The number of benzene rings is 2. The lowest BCUT2D eigenvalue weighted by Crippen LogP contribution is -2.13. The Bertz CT molecular complexity index is 1180. The molecular weight excluding hydrogens is 374 g/mol. The molecule has 0 bridgehead atoms. The van der Waals surface area contributed by atoms with E-state index in [2.05, 4.69) is 56.3 Å². The smallest absolute Gasteiger partial charge is 0.248 e. The third kappa shape index (κ3) is 4.63. The van der Waals surface area contributed by atoms with Gasteiger partial charge in [0.1, 0.15) is 11.0 Å². The summed E-state index contributed by atoms with van der Waals surface area (Å²) in [5.74, 6) is 0.606. The fraction of sp³-hybridized carbons (Fsp3) is 0.217. The van der Waals surface area contributed by atoms with Crippen molar-refractivity contribution in [1.82, 2.24) is 19.5 Å². The van der Waals surface area contributed by atoms with Crippen molar-refractivity contribution in [2.75, 3.05) is 18.0 Å². The number of aryl methyl sites for hydroxylation is 1. The van der Waals surface area contributed by atoms with Gasteiger partial charge in [-0.1, -0.05) is 60.7 Å². The number of unbranched alkanes of at least 4 members (excludes halogenated alkanes) is 1. The Morgan fingerprint density at radius 2 is 1.47 bits per heavy atom. The van der Waals surface area contributed by atoms with Gasteiger partial charge in [0.25, 0.3) is 0 Å². The van der Waals surface area contributed by atoms with Gasteiger partial charge in [0.2, 0.25) is 5.62 Å². The number of anilines is 2. The van der Waals surface area contributed by atoms with E-state index in [1.165, 1.54) is 5.56 Å². The Morgan fingerprint density at radius 1 is 0.800 bits per heavy atom. The maximum absolute atomic E-state index is 6.28. The second-order valence-corrected chi connectivity index (χ2v) is 7.17. The minimum Gasteiger partial charge on any atom is -0.382 e. The lowest BCUT2D eigenvalue weighted by atomic mass is 10.1. The zero-order valence-corrected chi connectivity index (χ0v) is 16.8. The molecule has 4 N–H and O–H groups in total. The van der Waals surface area contributed by atoms with Crippen molar-refractivity contribution in [2.45, 2.75) is 25.8 Å². The molecule has 7 nitrogen and oxygen atoms in total. The molecule has 0 spiro atoms. The number of nitrogens with zero attached hydrogens (tertiary/aromatic N) is 5. The summed E-state index contributed by atoms with van der Waals surface area (Å²) in [4.78, 5) is 17.7. The summed E-state index contributed by atoms with van der Waals surface area (Å²) in [7, 11) is 0. The molecule has 7 heteroatoms. The van der Waals surface area contributed by atoms with E-state index in [4.69, 9.17) is 11.5 Å². The van der Waals surface area contributed by atoms with Gasteiger partial charge in [-0.05, 0) is 30.4 Å². The van der Waals surface area contributed by atoms with Crippen molar-refractivity contribution in [2.24, 2.45) is 4.99 Å². The van der Waals surface area contributed by atoms with E-state index in [0.29, 0.717) is 35.6 Å². The fourth-order valence-electron chi connectivity index (χ4n) is 3.42. The lowest BCUT2D eigenvalue weighted by Gasteiger charge is -2.04. The van der Waals surface area contributed by atoms with Crippen LogP contribution in [-0.4, -0.2) is 26.1 Å². The van der Waals surface area contributed by atoms with Crippen molar-refractivity contribution in [1.29, 1.82) is 0 Å². The Kier molecular flexibility index (Phi) is 5.98. The number of nitrogen functional groups attached to an aromatic ring is 2. The normalized spacial score (nSPS) is 11.8. The number of aromatic nitrogens is 4. The van der Waals surface area contributed by atoms with Gasteiger partial charge in [-0.15, -0.1) is 0 Å². The molecular formula is C23H25N7. The van der Waals surface area contributed by atoms with Crippen LogP contribution in [-0.2, 0) is 13.0 Å². The molecule has 2 heterocycles. The summed E-state index contributed by atoms with van der Waals surface area (Å²) in [6, 6.07) is 20.5.